The molecule has 1 rings (SSSR count). The molecule has 0 aliphatic heterocycles. The quantitative estimate of drug-likeness (QED) is 0.612. The second kappa shape index (κ2) is 7.82. The van der Waals surface area contributed by atoms with Crippen molar-refractivity contribution in [2.75, 3.05) is 6.61 Å². The maximum absolute atomic E-state index is 11.6. The number of ether oxygens (including phenoxy) is 3. The number of carbonyl (C=O) groups excluding carboxylic acids is 2. The zero-order valence-electron chi connectivity index (χ0n) is 13.8. The van der Waals surface area contributed by atoms with Crippen LogP contribution in [0.2, 0.25) is 0 Å². The first-order chi connectivity index (χ1) is 10.2. The molecule has 1 aromatic carbocycles. The number of esters is 1. The van der Waals surface area contributed by atoms with E-state index in [1.165, 1.54) is 0 Å². The summed E-state index contributed by atoms with van der Waals surface area (Å²) >= 11 is 0. The van der Waals surface area contributed by atoms with E-state index in [2.05, 4.69) is 0 Å². The smallest absolute Gasteiger partial charge is 0.465 e. The Labute approximate surface area is 131 Å². The number of carbonyl (C=O) groups is 2. The molecule has 0 unspecified atom stereocenters. The number of rotatable bonds is 5. The van der Waals surface area contributed by atoms with Crippen molar-refractivity contribution in [3.05, 3.63) is 29.8 Å². The Balaban J connectivity index is 2.49. The van der Waals surface area contributed by atoms with Gasteiger partial charge in [-0.05, 0) is 44.4 Å². The van der Waals surface area contributed by atoms with Gasteiger partial charge in [-0.3, -0.25) is 4.79 Å². The summed E-state index contributed by atoms with van der Waals surface area (Å²) in [5.74, 6) is 0.414. The van der Waals surface area contributed by atoms with Gasteiger partial charge in [-0.2, -0.15) is 0 Å². The fourth-order valence-electron chi connectivity index (χ4n) is 1.52. The van der Waals surface area contributed by atoms with Gasteiger partial charge in [-0.15, -0.1) is 0 Å². The largest absolute Gasteiger partial charge is 0.514 e. The van der Waals surface area contributed by atoms with Gasteiger partial charge in [-0.25, -0.2) is 4.79 Å². The van der Waals surface area contributed by atoms with Gasteiger partial charge in [0.1, 0.15) is 11.4 Å². The molecule has 0 aliphatic carbocycles. The van der Waals surface area contributed by atoms with E-state index >= 15 is 0 Å². The summed E-state index contributed by atoms with van der Waals surface area (Å²) in [5.41, 5.74) is 0.197. The highest BCUT2D eigenvalue weighted by Crippen LogP contribution is 2.16. The molecule has 0 aliphatic rings. The maximum Gasteiger partial charge on any atom is 0.514 e. The van der Waals surface area contributed by atoms with Crippen LogP contribution in [0.1, 0.15) is 40.2 Å². The van der Waals surface area contributed by atoms with Crippen molar-refractivity contribution in [1.82, 2.24) is 0 Å². The van der Waals surface area contributed by atoms with E-state index in [1.807, 2.05) is 13.8 Å². The van der Waals surface area contributed by atoms with Gasteiger partial charge >= 0.3 is 12.1 Å². The zero-order chi connectivity index (χ0) is 16.8. The van der Waals surface area contributed by atoms with Crippen molar-refractivity contribution in [1.29, 1.82) is 0 Å². The van der Waals surface area contributed by atoms with Crippen LogP contribution in [0.25, 0.3) is 0 Å². The van der Waals surface area contributed by atoms with Crippen molar-refractivity contribution >= 4 is 12.1 Å². The fraction of sp³-hybridized carbons (Fsp3) is 0.529. The SMILES string of the molecule is CC(C)COC(=O)Cc1ccc(OC(=O)OC(C)(C)C)cc1. The molecule has 0 aromatic heterocycles. The van der Waals surface area contributed by atoms with E-state index in [-0.39, 0.29) is 12.4 Å². The van der Waals surface area contributed by atoms with E-state index in [1.54, 1.807) is 45.0 Å². The summed E-state index contributed by atoms with van der Waals surface area (Å²) in [5, 5.41) is 0. The molecule has 0 radical (unpaired) electrons. The van der Waals surface area contributed by atoms with E-state index in [4.69, 9.17) is 14.2 Å². The van der Waals surface area contributed by atoms with Crippen molar-refractivity contribution in [2.45, 2.75) is 46.6 Å². The molecule has 5 nitrogen and oxygen atoms in total. The lowest BCUT2D eigenvalue weighted by Gasteiger charge is -2.18. The molecule has 0 bridgehead atoms. The highest BCUT2D eigenvalue weighted by Gasteiger charge is 2.18. The standard InChI is InChI=1S/C17H24O5/c1-12(2)11-20-15(18)10-13-6-8-14(9-7-13)21-16(19)22-17(3,4)5/h6-9,12H,10-11H2,1-5H3. The molecule has 0 fully saturated rings. The van der Waals surface area contributed by atoms with Crippen LogP contribution in [-0.2, 0) is 20.7 Å². The Hall–Kier alpha value is -2.04. The first-order valence-electron chi connectivity index (χ1n) is 7.31. The normalized spacial score (nSPS) is 11.2. The van der Waals surface area contributed by atoms with Crippen LogP contribution in [0.3, 0.4) is 0 Å². The molecule has 0 heterocycles. The first kappa shape index (κ1) is 18.0. The molecule has 0 spiro atoms. The van der Waals surface area contributed by atoms with E-state index in [9.17, 15) is 9.59 Å². The van der Waals surface area contributed by atoms with Crippen LogP contribution in [-0.4, -0.2) is 24.3 Å². The van der Waals surface area contributed by atoms with Crippen molar-refractivity contribution in [3.8, 4) is 5.75 Å². The second-order valence-electron chi connectivity index (χ2n) is 6.46. The van der Waals surface area contributed by atoms with Crippen LogP contribution in [0, 0.1) is 5.92 Å². The summed E-state index contributed by atoms with van der Waals surface area (Å²) in [6, 6.07) is 6.68. The van der Waals surface area contributed by atoms with Crippen LogP contribution in [0.4, 0.5) is 4.79 Å². The molecule has 1 aromatic rings. The molecule has 0 amide bonds. The first-order valence-corrected chi connectivity index (χ1v) is 7.31. The molecular weight excluding hydrogens is 284 g/mol. The zero-order valence-corrected chi connectivity index (χ0v) is 13.8. The van der Waals surface area contributed by atoms with Gasteiger partial charge < -0.3 is 14.2 Å². The monoisotopic (exact) mass is 308 g/mol. The Kier molecular flexibility index (Phi) is 6.40. The second-order valence-corrected chi connectivity index (χ2v) is 6.46. The Bertz CT molecular complexity index is 497. The maximum atomic E-state index is 11.6. The Morgan fingerprint density at radius 2 is 1.68 bits per heavy atom. The predicted octanol–water partition coefficient (Wildman–Crippen LogP) is 3.74. The minimum absolute atomic E-state index is 0.194. The summed E-state index contributed by atoms with van der Waals surface area (Å²) in [6.07, 6.45) is -0.559. The van der Waals surface area contributed by atoms with Gasteiger partial charge in [0.25, 0.3) is 0 Å². The minimum Gasteiger partial charge on any atom is -0.465 e. The lowest BCUT2D eigenvalue weighted by molar-refractivity contribution is -0.143. The summed E-state index contributed by atoms with van der Waals surface area (Å²) in [7, 11) is 0. The third kappa shape index (κ3) is 7.67. The molecule has 0 N–H and O–H groups in total. The molecule has 0 atom stereocenters. The third-order valence-electron chi connectivity index (χ3n) is 2.44. The Morgan fingerprint density at radius 3 is 2.18 bits per heavy atom. The average Bonchev–Trinajstić information content (AvgIpc) is 2.36. The van der Waals surface area contributed by atoms with Crippen LogP contribution < -0.4 is 4.74 Å². The molecule has 122 valence electrons. The van der Waals surface area contributed by atoms with E-state index in [0.717, 1.165) is 5.56 Å². The van der Waals surface area contributed by atoms with E-state index in [0.29, 0.717) is 18.3 Å². The van der Waals surface area contributed by atoms with Crippen LogP contribution in [0.5, 0.6) is 5.75 Å². The van der Waals surface area contributed by atoms with E-state index < -0.39 is 11.8 Å². The summed E-state index contributed by atoms with van der Waals surface area (Å²) < 4.78 is 15.2. The molecule has 5 heteroatoms. The number of benzene rings is 1. The third-order valence-corrected chi connectivity index (χ3v) is 2.44. The van der Waals surface area contributed by atoms with Crippen molar-refractivity contribution in [2.24, 2.45) is 5.92 Å². The summed E-state index contributed by atoms with van der Waals surface area (Å²) in [6.45, 7) is 9.67. The Morgan fingerprint density at radius 1 is 1.09 bits per heavy atom. The summed E-state index contributed by atoms with van der Waals surface area (Å²) in [4.78, 5) is 23.1. The lowest BCUT2D eigenvalue weighted by Crippen LogP contribution is -2.25. The van der Waals surface area contributed by atoms with Gasteiger partial charge in [0.2, 0.25) is 0 Å². The molecule has 22 heavy (non-hydrogen) atoms. The number of hydrogen-bond donors (Lipinski definition) is 0. The predicted molar refractivity (Wildman–Crippen MR) is 82.8 cm³/mol. The average molecular weight is 308 g/mol. The van der Waals surface area contributed by atoms with Gasteiger partial charge in [0, 0.05) is 0 Å². The molecule has 0 saturated heterocycles. The topological polar surface area (TPSA) is 61.8 Å². The van der Waals surface area contributed by atoms with Crippen molar-refractivity contribution < 1.29 is 23.8 Å². The fourth-order valence-corrected chi connectivity index (χ4v) is 1.52. The van der Waals surface area contributed by atoms with Gasteiger partial charge in [0.05, 0.1) is 13.0 Å². The van der Waals surface area contributed by atoms with Crippen LogP contribution in [0.15, 0.2) is 24.3 Å². The number of hydrogen-bond acceptors (Lipinski definition) is 5. The molecule has 0 saturated carbocycles. The highest BCUT2D eigenvalue weighted by atomic mass is 16.7. The van der Waals surface area contributed by atoms with Gasteiger partial charge in [-0.1, -0.05) is 26.0 Å². The van der Waals surface area contributed by atoms with Gasteiger partial charge in [0.15, 0.2) is 0 Å². The molecular formula is C17H24O5. The lowest BCUT2D eigenvalue weighted by atomic mass is 10.1. The van der Waals surface area contributed by atoms with Crippen LogP contribution >= 0.6 is 0 Å². The highest BCUT2D eigenvalue weighted by molar-refractivity contribution is 5.72. The van der Waals surface area contributed by atoms with Crippen molar-refractivity contribution in [3.63, 3.8) is 0 Å². The minimum atomic E-state index is -0.753.